The second kappa shape index (κ2) is 7.80. The van der Waals surface area contributed by atoms with Gasteiger partial charge in [-0.3, -0.25) is 14.5 Å². The number of carbonyl (C=O) groups excluding carboxylic acids is 1. The predicted octanol–water partition coefficient (Wildman–Crippen LogP) is 4.03. The molecule has 0 aliphatic rings. The van der Waals surface area contributed by atoms with Crippen LogP contribution in [-0.2, 0) is 17.9 Å². The number of H-pyrrole nitrogens is 1. The number of aryl methyl sites for hydroxylation is 1. The molecule has 0 spiro atoms. The number of carbonyl (C=O) groups is 1. The lowest BCUT2D eigenvalue weighted by Crippen LogP contribution is -2.27. The number of halogens is 2. The third-order valence-electron chi connectivity index (χ3n) is 3.89. The molecular formula is C18H16ClFN4OS. The molecule has 3 rings (SSSR count). The molecule has 0 fully saturated rings. The standard InChI is InChI=1S/C18H16ClFN4OS/c1-11-2-3-12(8-15(11)20)9-21-16(25)10-24-17(22-23-18(24)26)13-4-6-14(19)7-5-13/h2-8H,9-10H2,1H3,(H,21,25)(H,23,26). The largest absolute Gasteiger partial charge is 0.350 e. The Bertz CT molecular complexity index is 997. The quantitative estimate of drug-likeness (QED) is 0.646. The predicted molar refractivity (Wildman–Crippen MR) is 101 cm³/mol. The average Bonchev–Trinajstić information content (AvgIpc) is 2.97. The van der Waals surface area contributed by atoms with Crippen molar-refractivity contribution in [3.63, 3.8) is 0 Å². The summed E-state index contributed by atoms with van der Waals surface area (Å²) in [5, 5.41) is 10.3. The van der Waals surface area contributed by atoms with Crippen LogP contribution in [0.25, 0.3) is 11.4 Å². The highest BCUT2D eigenvalue weighted by molar-refractivity contribution is 7.71. The van der Waals surface area contributed by atoms with E-state index in [0.717, 1.165) is 5.56 Å². The van der Waals surface area contributed by atoms with E-state index in [1.807, 2.05) is 0 Å². The Morgan fingerprint density at radius 2 is 2.04 bits per heavy atom. The van der Waals surface area contributed by atoms with Gasteiger partial charge >= 0.3 is 0 Å². The van der Waals surface area contributed by atoms with Crippen LogP contribution >= 0.6 is 23.8 Å². The van der Waals surface area contributed by atoms with Crippen LogP contribution in [0.15, 0.2) is 42.5 Å². The molecule has 2 aromatic carbocycles. The van der Waals surface area contributed by atoms with Crippen molar-refractivity contribution in [1.82, 2.24) is 20.1 Å². The fourth-order valence-corrected chi connectivity index (χ4v) is 2.75. The number of amides is 1. The Balaban J connectivity index is 1.71. The van der Waals surface area contributed by atoms with Crippen LogP contribution in [0.1, 0.15) is 11.1 Å². The van der Waals surface area contributed by atoms with Crippen molar-refractivity contribution in [3.8, 4) is 11.4 Å². The third kappa shape index (κ3) is 4.17. The summed E-state index contributed by atoms with van der Waals surface area (Å²) in [5.41, 5.74) is 2.04. The van der Waals surface area contributed by atoms with Gasteiger partial charge in [0.2, 0.25) is 5.91 Å². The fraction of sp³-hybridized carbons (Fsp3) is 0.167. The van der Waals surface area contributed by atoms with Gasteiger partial charge in [0.1, 0.15) is 12.4 Å². The van der Waals surface area contributed by atoms with Gasteiger partial charge < -0.3 is 5.32 Å². The minimum absolute atomic E-state index is 0.00162. The molecule has 0 aliphatic carbocycles. The topological polar surface area (TPSA) is 62.7 Å². The van der Waals surface area contributed by atoms with Crippen molar-refractivity contribution in [1.29, 1.82) is 0 Å². The van der Waals surface area contributed by atoms with Crippen LogP contribution in [0, 0.1) is 17.5 Å². The van der Waals surface area contributed by atoms with Crippen molar-refractivity contribution in [2.24, 2.45) is 0 Å². The van der Waals surface area contributed by atoms with Crippen LogP contribution in [0.3, 0.4) is 0 Å². The maximum absolute atomic E-state index is 13.6. The highest BCUT2D eigenvalue weighted by Gasteiger charge is 2.12. The van der Waals surface area contributed by atoms with E-state index in [1.165, 1.54) is 6.07 Å². The van der Waals surface area contributed by atoms with Crippen molar-refractivity contribution >= 4 is 29.7 Å². The van der Waals surface area contributed by atoms with E-state index >= 15 is 0 Å². The van der Waals surface area contributed by atoms with Crippen LogP contribution < -0.4 is 5.32 Å². The number of aromatic amines is 1. The zero-order valence-corrected chi connectivity index (χ0v) is 15.5. The highest BCUT2D eigenvalue weighted by atomic mass is 35.5. The lowest BCUT2D eigenvalue weighted by atomic mass is 10.1. The molecule has 0 aliphatic heterocycles. The van der Waals surface area contributed by atoms with Gasteiger partial charge in [0, 0.05) is 17.1 Å². The average molecular weight is 391 g/mol. The number of rotatable bonds is 5. The van der Waals surface area contributed by atoms with Gasteiger partial charge in [0.05, 0.1) is 0 Å². The van der Waals surface area contributed by atoms with Crippen LogP contribution in [0.2, 0.25) is 5.02 Å². The zero-order chi connectivity index (χ0) is 18.7. The molecule has 2 N–H and O–H groups in total. The molecule has 5 nitrogen and oxygen atoms in total. The normalized spacial score (nSPS) is 10.7. The number of hydrogen-bond acceptors (Lipinski definition) is 3. The first-order chi connectivity index (χ1) is 12.4. The summed E-state index contributed by atoms with van der Waals surface area (Å²) in [6.07, 6.45) is 0. The molecule has 26 heavy (non-hydrogen) atoms. The molecule has 0 bridgehead atoms. The van der Waals surface area contributed by atoms with E-state index in [0.29, 0.717) is 26.7 Å². The molecular weight excluding hydrogens is 375 g/mol. The van der Waals surface area contributed by atoms with Gasteiger partial charge in [-0.1, -0.05) is 23.7 Å². The number of nitrogens with one attached hydrogen (secondary N) is 2. The maximum atomic E-state index is 13.6. The maximum Gasteiger partial charge on any atom is 0.240 e. The summed E-state index contributed by atoms with van der Waals surface area (Å²) in [6.45, 7) is 1.93. The Hall–Kier alpha value is -2.51. The number of hydrogen-bond donors (Lipinski definition) is 2. The molecule has 1 aromatic heterocycles. The first-order valence-electron chi connectivity index (χ1n) is 7.87. The Morgan fingerprint density at radius 1 is 1.31 bits per heavy atom. The monoisotopic (exact) mass is 390 g/mol. The van der Waals surface area contributed by atoms with E-state index in [9.17, 15) is 9.18 Å². The number of aromatic nitrogens is 3. The van der Waals surface area contributed by atoms with Gasteiger partial charge in [0.25, 0.3) is 0 Å². The molecule has 0 radical (unpaired) electrons. The molecule has 134 valence electrons. The Labute approximate surface area is 159 Å². The zero-order valence-electron chi connectivity index (χ0n) is 13.9. The molecule has 3 aromatic rings. The summed E-state index contributed by atoms with van der Waals surface area (Å²) in [6, 6.07) is 12.0. The van der Waals surface area contributed by atoms with Gasteiger partial charge in [-0.25, -0.2) is 4.39 Å². The summed E-state index contributed by atoms with van der Waals surface area (Å²) in [7, 11) is 0. The number of benzene rings is 2. The number of nitrogens with zero attached hydrogens (tertiary/aromatic N) is 2. The van der Waals surface area contributed by atoms with Crippen molar-refractivity contribution < 1.29 is 9.18 Å². The smallest absolute Gasteiger partial charge is 0.240 e. The molecule has 0 atom stereocenters. The second-order valence-electron chi connectivity index (χ2n) is 5.81. The Morgan fingerprint density at radius 3 is 2.73 bits per heavy atom. The van der Waals surface area contributed by atoms with Gasteiger partial charge in [0.15, 0.2) is 10.6 Å². The van der Waals surface area contributed by atoms with Crippen LogP contribution in [-0.4, -0.2) is 20.7 Å². The summed E-state index contributed by atoms with van der Waals surface area (Å²) in [5.74, 6) is 0.000668. The first kappa shape index (κ1) is 18.3. The minimum atomic E-state index is -0.293. The van der Waals surface area contributed by atoms with Crippen LogP contribution in [0.5, 0.6) is 0 Å². The molecule has 0 saturated heterocycles. The third-order valence-corrected chi connectivity index (χ3v) is 4.45. The van der Waals surface area contributed by atoms with Gasteiger partial charge in [-0.15, -0.1) is 0 Å². The summed E-state index contributed by atoms with van der Waals surface area (Å²) in [4.78, 5) is 12.3. The van der Waals surface area contributed by atoms with Crippen molar-refractivity contribution in [3.05, 3.63) is 69.2 Å². The SMILES string of the molecule is Cc1ccc(CNC(=O)Cn2c(-c3ccc(Cl)cc3)n[nH]c2=S)cc1F. The van der Waals surface area contributed by atoms with E-state index in [2.05, 4.69) is 15.5 Å². The molecule has 0 unspecified atom stereocenters. The van der Waals surface area contributed by atoms with Crippen molar-refractivity contribution in [2.45, 2.75) is 20.0 Å². The summed E-state index contributed by atoms with van der Waals surface area (Å²) >= 11 is 11.1. The van der Waals surface area contributed by atoms with E-state index in [4.69, 9.17) is 23.8 Å². The van der Waals surface area contributed by atoms with E-state index in [-0.39, 0.29) is 24.8 Å². The molecule has 0 saturated carbocycles. The lowest BCUT2D eigenvalue weighted by Gasteiger charge is -2.09. The first-order valence-corrected chi connectivity index (χ1v) is 8.65. The lowest BCUT2D eigenvalue weighted by molar-refractivity contribution is -0.121. The Kier molecular flexibility index (Phi) is 5.49. The van der Waals surface area contributed by atoms with Crippen LogP contribution in [0.4, 0.5) is 4.39 Å². The molecule has 1 amide bonds. The highest BCUT2D eigenvalue weighted by Crippen LogP contribution is 2.20. The van der Waals surface area contributed by atoms with Gasteiger partial charge in [-0.2, -0.15) is 5.10 Å². The van der Waals surface area contributed by atoms with E-state index in [1.54, 1.807) is 47.9 Å². The van der Waals surface area contributed by atoms with E-state index < -0.39 is 0 Å². The summed E-state index contributed by atoms with van der Waals surface area (Å²) < 4.78 is 15.5. The second-order valence-corrected chi connectivity index (χ2v) is 6.63. The fourth-order valence-electron chi connectivity index (χ4n) is 2.43. The van der Waals surface area contributed by atoms with Crippen molar-refractivity contribution in [2.75, 3.05) is 0 Å². The van der Waals surface area contributed by atoms with Gasteiger partial charge in [-0.05, 0) is 60.6 Å². The molecule has 8 heteroatoms. The molecule has 1 heterocycles. The minimum Gasteiger partial charge on any atom is -0.350 e.